The summed E-state index contributed by atoms with van der Waals surface area (Å²) < 4.78 is 22.4. The molecule has 0 fully saturated rings. The standard InChI is InChI=1S/C28H27N3O5/c1-33-20-8-4-7-19(15-20)30-28(32)31-13-5-6-18-14-21(9-10-24(18)31)36-25-11-12-29-23-17-27(35-3)26(34-2)16-22(23)25/h4,7-12,14-17H,5-6,13H2,1-3H3,(H,30,32). The summed E-state index contributed by atoms with van der Waals surface area (Å²) in [6, 6.07) is 18.4. The molecule has 0 unspecified atom stereocenters. The monoisotopic (exact) mass is 485 g/mol. The molecule has 2 amide bonds. The number of amides is 2. The van der Waals surface area contributed by atoms with E-state index in [1.54, 1.807) is 38.5 Å². The summed E-state index contributed by atoms with van der Waals surface area (Å²) in [6.07, 6.45) is 3.42. The smallest absolute Gasteiger partial charge is 0.326 e. The third-order valence-corrected chi connectivity index (χ3v) is 6.17. The van der Waals surface area contributed by atoms with Crippen LogP contribution >= 0.6 is 0 Å². The Hall–Kier alpha value is -4.46. The van der Waals surface area contributed by atoms with Gasteiger partial charge in [0.05, 0.1) is 26.8 Å². The molecule has 1 aromatic heterocycles. The van der Waals surface area contributed by atoms with E-state index in [0.29, 0.717) is 41.0 Å². The van der Waals surface area contributed by atoms with Crippen LogP contribution in [-0.2, 0) is 6.42 Å². The molecule has 1 aliphatic heterocycles. The molecule has 0 saturated heterocycles. The van der Waals surface area contributed by atoms with Crippen molar-refractivity contribution in [2.75, 3.05) is 38.1 Å². The van der Waals surface area contributed by atoms with Crippen molar-refractivity contribution in [2.45, 2.75) is 12.8 Å². The van der Waals surface area contributed by atoms with E-state index in [0.717, 1.165) is 35.0 Å². The second-order valence-electron chi connectivity index (χ2n) is 8.34. The van der Waals surface area contributed by atoms with Crippen molar-refractivity contribution in [1.29, 1.82) is 0 Å². The van der Waals surface area contributed by atoms with Crippen molar-refractivity contribution in [3.8, 4) is 28.7 Å². The average molecular weight is 486 g/mol. The van der Waals surface area contributed by atoms with Gasteiger partial charge in [-0.25, -0.2) is 4.79 Å². The van der Waals surface area contributed by atoms with Gasteiger partial charge in [0.2, 0.25) is 0 Å². The van der Waals surface area contributed by atoms with Crippen molar-refractivity contribution in [3.05, 3.63) is 72.4 Å². The Morgan fingerprint density at radius 1 is 0.889 bits per heavy atom. The lowest BCUT2D eigenvalue weighted by atomic mass is 10.0. The number of carbonyl (C=O) groups excluding carboxylic acids is 1. The zero-order valence-corrected chi connectivity index (χ0v) is 20.4. The van der Waals surface area contributed by atoms with E-state index in [9.17, 15) is 4.79 Å². The third kappa shape index (κ3) is 4.57. The minimum absolute atomic E-state index is 0.181. The fraction of sp³-hybridized carbons (Fsp3) is 0.214. The summed E-state index contributed by atoms with van der Waals surface area (Å²) in [7, 11) is 4.79. The number of benzene rings is 3. The van der Waals surface area contributed by atoms with Crippen LogP contribution in [0.15, 0.2) is 66.9 Å². The molecule has 0 radical (unpaired) electrons. The van der Waals surface area contributed by atoms with Gasteiger partial charge in [-0.3, -0.25) is 9.88 Å². The van der Waals surface area contributed by atoms with Crippen LogP contribution in [0.5, 0.6) is 28.7 Å². The van der Waals surface area contributed by atoms with Crippen LogP contribution in [-0.4, -0.2) is 38.9 Å². The Labute approximate surface area is 209 Å². The van der Waals surface area contributed by atoms with E-state index in [2.05, 4.69) is 10.3 Å². The molecule has 36 heavy (non-hydrogen) atoms. The van der Waals surface area contributed by atoms with Gasteiger partial charge in [0.25, 0.3) is 0 Å². The highest BCUT2D eigenvalue weighted by Gasteiger charge is 2.23. The van der Waals surface area contributed by atoms with E-state index in [1.165, 1.54) is 0 Å². The second-order valence-corrected chi connectivity index (χ2v) is 8.34. The minimum atomic E-state index is -0.181. The first-order valence-corrected chi connectivity index (χ1v) is 11.6. The van der Waals surface area contributed by atoms with Gasteiger partial charge in [0.1, 0.15) is 17.2 Å². The van der Waals surface area contributed by atoms with Gasteiger partial charge in [0, 0.05) is 41.6 Å². The number of pyridine rings is 1. The van der Waals surface area contributed by atoms with Crippen LogP contribution in [0.3, 0.4) is 0 Å². The second kappa shape index (κ2) is 10.0. The minimum Gasteiger partial charge on any atom is -0.497 e. The number of urea groups is 1. The van der Waals surface area contributed by atoms with Crippen molar-refractivity contribution in [3.63, 3.8) is 0 Å². The lowest BCUT2D eigenvalue weighted by Crippen LogP contribution is -2.38. The average Bonchev–Trinajstić information content (AvgIpc) is 2.92. The van der Waals surface area contributed by atoms with E-state index in [1.807, 2.05) is 54.6 Å². The summed E-state index contributed by atoms with van der Waals surface area (Å²) in [5, 5.41) is 3.78. The molecular weight excluding hydrogens is 458 g/mol. The van der Waals surface area contributed by atoms with Gasteiger partial charge in [-0.05, 0) is 60.9 Å². The van der Waals surface area contributed by atoms with Crippen LogP contribution in [0.4, 0.5) is 16.2 Å². The van der Waals surface area contributed by atoms with Crippen LogP contribution in [0.1, 0.15) is 12.0 Å². The van der Waals surface area contributed by atoms with Gasteiger partial charge in [0.15, 0.2) is 11.5 Å². The van der Waals surface area contributed by atoms with Crippen LogP contribution < -0.4 is 29.2 Å². The highest BCUT2D eigenvalue weighted by molar-refractivity contribution is 6.02. The number of rotatable bonds is 6. The number of aryl methyl sites for hydroxylation is 1. The maximum Gasteiger partial charge on any atom is 0.326 e. The molecular formula is C28H27N3O5. The first kappa shape index (κ1) is 23.3. The van der Waals surface area contributed by atoms with Gasteiger partial charge in [-0.15, -0.1) is 0 Å². The molecule has 0 aliphatic carbocycles. The van der Waals surface area contributed by atoms with Gasteiger partial charge in [-0.1, -0.05) is 6.07 Å². The number of hydrogen-bond acceptors (Lipinski definition) is 6. The Kier molecular flexibility index (Phi) is 6.49. The highest BCUT2D eigenvalue weighted by atomic mass is 16.5. The predicted octanol–water partition coefficient (Wildman–Crippen LogP) is 6.04. The Bertz CT molecular complexity index is 1420. The number of carbonyl (C=O) groups is 1. The van der Waals surface area contributed by atoms with Gasteiger partial charge < -0.3 is 24.3 Å². The molecule has 4 aromatic rings. The largest absolute Gasteiger partial charge is 0.497 e. The number of aromatic nitrogens is 1. The molecule has 0 bridgehead atoms. The topological polar surface area (TPSA) is 82.2 Å². The van der Waals surface area contributed by atoms with Crippen LogP contribution in [0, 0.1) is 0 Å². The lowest BCUT2D eigenvalue weighted by Gasteiger charge is -2.30. The SMILES string of the molecule is COc1cccc(NC(=O)N2CCCc3cc(Oc4ccnc5cc(OC)c(OC)cc45)ccc32)c1. The molecule has 0 saturated carbocycles. The van der Waals surface area contributed by atoms with Gasteiger partial charge >= 0.3 is 6.03 Å². The van der Waals surface area contributed by atoms with Crippen LogP contribution in [0.2, 0.25) is 0 Å². The summed E-state index contributed by atoms with van der Waals surface area (Å²) in [5.74, 6) is 3.24. The number of anilines is 2. The molecule has 5 rings (SSSR count). The lowest BCUT2D eigenvalue weighted by molar-refractivity contribution is 0.256. The fourth-order valence-electron chi connectivity index (χ4n) is 4.40. The number of nitrogens with zero attached hydrogens (tertiary/aromatic N) is 2. The van der Waals surface area contributed by atoms with Crippen molar-refractivity contribution in [1.82, 2.24) is 4.98 Å². The molecule has 0 spiro atoms. The van der Waals surface area contributed by atoms with Crippen LogP contribution in [0.25, 0.3) is 10.9 Å². The van der Waals surface area contributed by atoms with Crippen molar-refractivity contribution < 1.29 is 23.7 Å². The number of ether oxygens (including phenoxy) is 4. The Morgan fingerprint density at radius 2 is 1.72 bits per heavy atom. The van der Waals surface area contributed by atoms with Crippen molar-refractivity contribution in [2.24, 2.45) is 0 Å². The Balaban J connectivity index is 1.40. The molecule has 8 nitrogen and oxygen atoms in total. The molecule has 1 aliphatic rings. The fourth-order valence-corrected chi connectivity index (χ4v) is 4.40. The third-order valence-electron chi connectivity index (χ3n) is 6.17. The molecule has 1 N–H and O–H groups in total. The number of methoxy groups -OCH3 is 3. The number of hydrogen-bond donors (Lipinski definition) is 1. The highest BCUT2D eigenvalue weighted by Crippen LogP contribution is 2.38. The normalized spacial score (nSPS) is 12.6. The Morgan fingerprint density at radius 3 is 2.53 bits per heavy atom. The summed E-state index contributed by atoms with van der Waals surface area (Å²) in [4.78, 5) is 19.3. The van der Waals surface area contributed by atoms with Crippen molar-refractivity contribution >= 4 is 28.3 Å². The van der Waals surface area contributed by atoms with Gasteiger partial charge in [-0.2, -0.15) is 0 Å². The van der Waals surface area contributed by atoms with E-state index >= 15 is 0 Å². The zero-order chi connectivity index (χ0) is 25.1. The molecule has 0 atom stereocenters. The number of nitrogens with one attached hydrogen (secondary N) is 1. The number of fused-ring (bicyclic) bond motifs is 2. The maximum absolute atomic E-state index is 13.1. The first-order chi connectivity index (χ1) is 17.6. The predicted molar refractivity (Wildman–Crippen MR) is 139 cm³/mol. The van der Waals surface area contributed by atoms with E-state index in [-0.39, 0.29) is 6.03 Å². The quantitative estimate of drug-likeness (QED) is 0.359. The summed E-state index contributed by atoms with van der Waals surface area (Å²) in [6.45, 7) is 0.639. The molecule has 3 aromatic carbocycles. The molecule has 8 heteroatoms. The summed E-state index contributed by atoms with van der Waals surface area (Å²) >= 11 is 0. The zero-order valence-electron chi connectivity index (χ0n) is 20.4. The van der Waals surface area contributed by atoms with E-state index < -0.39 is 0 Å². The molecule has 2 heterocycles. The first-order valence-electron chi connectivity index (χ1n) is 11.6. The molecule has 184 valence electrons. The maximum atomic E-state index is 13.1. The van der Waals surface area contributed by atoms with E-state index in [4.69, 9.17) is 18.9 Å². The summed E-state index contributed by atoms with van der Waals surface area (Å²) in [5.41, 5.74) is 3.35.